The molecule has 0 bridgehead atoms. The van der Waals surface area contributed by atoms with Crippen LogP contribution in [0.1, 0.15) is 25.7 Å². The highest BCUT2D eigenvalue weighted by Crippen LogP contribution is 2.17. The second kappa shape index (κ2) is 5.10. The van der Waals surface area contributed by atoms with Crippen molar-refractivity contribution in [2.45, 2.75) is 37.9 Å². The predicted molar refractivity (Wildman–Crippen MR) is 57.5 cm³/mol. The van der Waals surface area contributed by atoms with Crippen LogP contribution in [0.2, 0.25) is 0 Å². The van der Waals surface area contributed by atoms with E-state index in [1.807, 2.05) is 0 Å². The largest absolute Gasteiger partial charge is 0.374 e. The average Bonchev–Trinajstić information content (AvgIpc) is 2.19. The van der Waals surface area contributed by atoms with Crippen LogP contribution in [0.3, 0.4) is 0 Å². The highest BCUT2D eigenvalue weighted by Gasteiger charge is 2.22. The Balaban J connectivity index is 1.72. The van der Waals surface area contributed by atoms with Gasteiger partial charge in [-0.1, -0.05) is 0 Å². The van der Waals surface area contributed by atoms with Crippen molar-refractivity contribution in [3.05, 3.63) is 0 Å². The van der Waals surface area contributed by atoms with Crippen molar-refractivity contribution in [3.63, 3.8) is 0 Å². The molecule has 0 saturated carbocycles. The first-order valence-corrected chi connectivity index (χ1v) is 5.89. The predicted octanol–water partition coefficient (Wildman–Crippen LogP) is 0.849. The van der Waals surface area contributed by atoms with Crippen molar-refractivity contribution in [2.75, 3.05) is 33.2 Å². The zero-order valence-electron chi connectivity index (χ0n) is 9.17. The lowest BCUT2D eigenvalue weighted by Crippen LogP contribution is -2.41. The molecule has 0 aromatic rings. The van der Waals surface area contributed by atoms with Crippen LogP contribution in [-0.4, -0.2) is 50.3 Å². The Kier molecular flexibility index (Phi) is 3.79. The van der Waals surface area contributed by atoms with Gasteiger partial charge in [0.15, 0.2) is 0 Å². The molecule has 0 aromatic heterocycles. The van der Waals surface area contributed by atoms with Crippen molar-refractivity contribution in [2.24, 2.45) is 0 Å². The van der Waals surface area contributed by atoms with E-state index in [2.05, 4.69) is 17.3 Å². The van der Waals surface area contributed by atoms with E-state index >= 15 is 0 Å². The molecule has 3 heteroatoms. The molecule has 0 spiro atoms. The van der Waals surface area contributed by atoms with Crippen molar-refractivity contribution in [1.82, 2.24) is 10.2 Å². The lowest BCUT2D eigenvalue weighted by atomic mass is 10.1. The van der Waals surface area contributed by atoms with Crippen LogP contribution in [0.25, 0.3) is 0 Å². The van der Waals surface area contributed by atoms with E-state index in [9.17, 15) is 0 Å². The molecule has 2 saturated heterocycles. The van der Waals surface area contributed by atoms with Gasteiger partial charge >= 0.3 is 0 Å². The van der Waals surface area contributed by atoms with E-state index in [1.165, 1.54) is 32.2 Å². The van der Waals surface area contributed by atoms with Crippen LogP contribution in [0, 0.1) is 0 Å². The van der Waals surface area contributed by atoms with Gasteiger partial charge in [-0.2, -0.15) is 0 Å². The van der Waals surface area contributed by atoms with Crippen molar-refractivity contribution in [3.8, 4) is 0 Å². The summed E-state index contributed by atoms with van der Waals surface area (Å²) in [6, 6.07) is 0. The summed E-state index contributed by atoms with van der Waals surface area (Å²) in [6.45, 7) is 4.64. The van der Waals surface area contributed by atoms with E-state index in [4.69, 9.17) is 4.74 Å². The monoisotopic (exact) mass is 198 g/mol. The molecule has 2 fully saturated rings. The third-order valence-corrected chi connectivity index (χ3v) is 3.25. The first-order valence-electron chi connectivity index (χ1n) is 5.89. The summed E-state index contributed by atoms with van der Waals surface area (Å²) in [7, 11) is 2.19. The molecular weight excluding hydrogens is 176 g/mol. The van der Waals surface area contributed by atoms with Crippen LogP contribution >= 0.6 is 0 Å². The normalized spacial score (nSPS) is 31.9. The second-order valence-electron chi connectivity index (χ2n) is 4.61. The molecule has 2 rings (SSSR count). The molecule has 0 amide bonds. The maximum Gasteiger partial charge on any atom is 0.0706 e. The van der Waals surface area contributed by atoms with Crippen LogP contribution in [0.15, 0.2) is 0 Å². The molecule has 14 heavy (non-hydrogen) atoms. The quantitative estimate of drug-likeness (QED) is 0.712. The number of nitrogens with zero attached hydrogens (tertiary/aromatic N) is 1. The minimum absolute atomic E-state index is 0.497. The molecule has 0 unspecified atom stereocenters. The molecule has 0 radical (unpaired) electrons. The van der Waals surface area contributed by atoms with Gasteiger partial charge in [-0.05, 0) is 52.4 Å². The maximum absolute atomic E-state index is 6.12. The van der Waals surface area contributed by atoms with Crippen LogP contribution in [0.4, 0.5) is 0 Å². The van der Waals surface area contributed by atoms with Gasteiger partial charge < -0.3 is 15.0 Å². The van der Waals surface area contributed by atoms with E-state index in [0.29, 0.717) is 12.2 Å². The SMILES string of the molecule is CN1CCC[C@@H](OC2CCNCC2)C1. The number of hydrogen-bond donors (Lipinski definition) is 1. The van der Waals surface area contributed by atoms with Gasteiger partial charge in [-0.25, -0.2) is 0 Å². The molecule has 3 nitrogen and oxygen atoms in total. The summed E-state index contributed by atoms with van der Waals surface area (Å²) < 4.78 is 6.12. The first kappa shape index (κ1) is 10.4. The molecule has 0 aromatic carbocycles. The topological polar surface area (TPSA) is 24.5 Å². The molecule has 2 aliphatic rings. The van der Waals surface area contributed by atoms with Gasteiger partial charge in [0.25, 0.3) is 0 Å². The van der Waals surface area contributed by atoms with Gasteiger partial charge in [0.05, 0.1) is 12.2 Å². The van der Waals surface area contributed by atoms with E-state index in [0.717, 1.165) is 19.6 Å². The Morgan fingerprint density at radius 2 is 1.93 bits per heavy atom. The molecule has 0 aliphatic carbocycles. The van der Waals surface area contributed by atoms with E-state index in [-0.39, 0.29) is 0 Å². The number of nitrogens with one attached hydrogen (secondary N) is 1. The zero-order valence-corrected chi connectivity index (χ0v) is 9.17. The van der Waals surface area contributed by atoms with Crippen LogP contribution in [-0.2, 0) is 4.74 Å². The fraction of sp³-hybridized carbons (Fsp3) is 1.00. The van der Waals surface area contributed by atoms with Crippen molar-refractivity contribution < 1.29 is 4.74 Å². The number of hydrogen-bond acceptors (Lipinski definition) is 3. The van der Waals surface area contributed by atoms with Crippen molar-refractivity contribution in [1.29, 1.82) is 0 Å². The third kappa shape index (κ3) is 2.94. The molecule has 1 atom stereocenters. The highest BCUT2D eigenvalue weighted by molar-refractivity contribution is 4.75. The molecule has 2 heterocycles. The minimum atomic E-state index is 0.497. The number of likely N-dealkylation sites (N-methyl/N-ethyl adjacent to an activating group) is 1. The van der Waals surface area contributed by atoms with Gasteiger partial charge in [-0.15, -0.1) is 0 Å². The fourth-order valence-corrected chi connectivity index (χ4v) is 2.43. The maximum atomic E-state index is 6.12. The third-order valence-electron chi connectivity index (χ3n) is 3.25. The van der Waals surface area contributed by atoms with Crippen molar-refractivity contribution >= 4 is 0 Å². The molecule has 1 N–H and O–H groups in total. The Bertz CT molecular complexity index is 169. The summed E-state index contributed by atoms with van der Waals surface area (Å²) >= 11 is 0. The highest BCUT2D eigenvalue weighted by atomic mass is 16.5. The summed E-state index contributed by atoms with van der Waals surface area (Å²) in [5.74, 6) is 0. The fourth-order valence-electron chi connectivity index (χ4n) is 2.43. The molecular formula is C11H22N2O. The summed E-state index contributed by atoms with van der Waals surface area (Å²) in [5, 5.41) is 3.37. The molecule has 2 aliphatic heterocycles. The van der Waals surface area contributed by atoms with Gasteiger partial charge in [-0.3, -0.25) is 0 Å². The second-order valence-corrected chi connectivity index (χ2v) is 4.61. The van der Waals surface area contributed by atoms with E-state index < -0.39 is 0 Å². The Morgan fingerprint density at radius 3 is 2.64 bits per heavy atom. The lowest BCUT2D eigenvalue weighted by Gasteiger charge is -2.33. The number of ether oxygens (including phenoxy) is 1. The Labute approximate surface area is 86.8 Å². The van der Waals surface area contributed by atoms with E-state index in [1.54, 1.807) is 0 Å². The lowest BCUT2D eigenvalue weighted by molar-refractivity contribution is -0.0541. The summed E-state index contributed by atoms with van der Waals surface area (Å²) in [6.07, 6.45) is 5.96. The standard InChI is InChI=1S/C11H22N2O/c1-13-8-2-3-11(9-13)14-10-4-6-12-7-5-10/h10-12H,2-9H2,1H3/t11-/m1/s1. The number of likely N-dealkylation sites (tertiary alicyclic amines) is 1. The van der Waals surface area contributed by atoms with Gasteiger partial charge in [0.1, 0.15) is 0 Å². The number of piperidine rings is 2. The Morgan fingerprint density at radius 1 is 1.14 bits per heavy atom. The van der Waals surface area contributed by atoms with Gasteiger partial charge in [0.2, 0.25) is 0 Å². The smallest absolute Gasteiger partial charge is 0.0706 e. The van der Waals surface area contributed by atoms with Crippen LogP contribution in [0.5, 0.6) is 0 Å². The first-order chi connectivity index (χ1) is 6.84. The Hall–Kier alpha value is -0.120. The minimum Gasteiger partial charge on any atom is -0.374 e. The van der Waals surface area contributed by atoms with Gasteiger partial charge in [0, 0.05) is 6.54 Å². The summed E-state index contributed by atoms with van der Waals surface area (Å²) in [5.41, 5.74) is 0. The zero-order chi connectivity index (χ0) is 9.80. The molecule has 82 valence electrons. The number of rotatable bonds is 2. The average molecular weight is 198 g/mol. The van der Waals surface area contributed by atoms with Crippen LogP contribution < -0.4 is 5.32 Å². The summed E-state index contributed by atoms with van der Waals surface area (Å²) in [4.78, 5) is 2.38.